The van der Waals surface area contributed by atoms with Crippen LogP contribution >= 0.6 is 0 Å². The number of rotatable bonds is 13. The number of primary amides is 1. The fraction of sp³-hybridized carbons (Fsp3) is 0.800. The van der Waals surface area contributed by atoms with Gasteiger partial charge in [0.1, 0.15) is 12.1 Å². The number of piperidine rings is 1. The number of hydrogen-bond donors (Lipinski definition) is 4. The van der Waals surface area contributed by atoms with Crippen molar-refractivity contribution in [2.75, 3.05) is 13.1 Å². The van der Waals surface area contributed by atoms with E-state index in [0.29, 0.717) is 25.8 Å². The molecular weight excluding hydrogens is 616 g/mol. The van der Waals surface area contributed by atoms with E-state index in [1.807, 2.05) is 34.6 Å². The first-order valence-electron chi connectivity index (χ1n) is 17.9. The molecule has 268 valence electrons. The van der Waals surface area contributed by atoms with Crippen molar-refractivity contribution in [3.63, 3.8) is 0 Å². The lowest BCUT2D eigenvalue weighted by Gasteiger charge is -2.38. The molecule has 7 amide bonds. The van der Waals surface area contributed by atoms with Crippen LogP contribution in [0.2, 0.25) is 0 Å². The average molecular weight is 673 g/mol. The fourth-order valence-electron chi connectivity index (χ4n) is 7.54. The number of Topliss-reactive ketones (excluding diaryl/α,β-unsaturated/α-hetero) is 1. The lowest BCUT2D eigenvalue weighted by molar-refractivity contribution is -0.148. The second-order valence-corrected chi connectivity index (χ2v) is 15.8. The summed E-state index contributed by atoms with van der Waals surface area (Å²) in [7, 11) is 0. The van der Waals surface area contributed by atoms with E-state index >= 15 is 0 Å². The SMILES string of the molecule is CC(C)[C@H]1CCN(C(=O)[C@@H](NC(=O)N[C@H](CN2C(=O)CCCC2=O)C(C)(C)C)C2CCCCC2)[C@@H]1C(=O)NC(CC1CC1)C(=O)C(N)=O. The molecule has 0 aromatic rings. The van der Waals surface area contributed by atoms with Crippen molar-refractivity contribution in [1.29, 1.82) is 0 Å². The minimum Gasteiger partial charge on any atom is -0.363 e. The van der Waals surface area contributed by atoms with E-state index in [9.17, 15) is 33.6 Å². The van der Waals surface area contributed by atoms with Gasteiger partial charge in [0.15, 0.2) is 0 Å². The van der Waals surface area contributed by atoms with Crippen molar-refractivity contribution in [3.05, 3.63) is 0 Å². The summed E-state index contributed by atoms with van der Waals surface area (Å²) in [4.78, 5) is 94.6. The summed E-state index contributed by atoms with van der Waals surface area (Å²) >= 11 is 0. The molecule has 2 saturated heterocycles. The first-order valence-corrected chi connectivity index (χ1v) is 17.9. The number of nitrogens with one attached hydrogen (secondary N) is 3. The molecule has 5 atom stereocenters. The number of likely N-dealkylation sites (tertiary alicyclic amines) is 2. The number of ketones is 1. The standard InChI is InChI=1S/C35H56N6O7/c1-20(2)23-16-17-40(29(23)32(46)37-24(18-21-14-15-21)30(44)31(36)45)33(47)28(22-10-7-6-8-11-22)39-34(48)38-25(35(3,4)5)19-41-26(42)12-9-13-27(41)43/h20-25,28-29H,6-19H2,1-5H3,(H2,36,45)(H,37,46)(H2,38,39,48)/t23-,24?,25-,28+,29+/m1/s1. The summed E-state index contributed by atoms with van der Waals surface area (Å²) in [6.07, 6.45) is 8.17. The second kappa shape index (κ2) is 15.8. The molecule has 13 nitrogen and oxygen atoms in total. The van der Waals surface area contributed by atoms with E-state index < -0.39 is 53.2 Å². The Kier molecular flexibility index (Phi) is 12.3. The first-order chi connectivity index (χ1) is 22.6. The van der Waals surface area contributed by atoms with Crippen molar-refractivity contribution in [2.24, 2.45) is 34.8 Å². The Morgan fingerprint density at radius 3 is 2.02 bits per heavy atom. The number of urea groups is 1. The van der Waals surface area contributed by atoms with Crippen LogP contribution in [-0.2, 0) is 28.8 Å². The van der Waals surface area contributed by atoms with Gasteiger partial charge in [0, 0.05) is 25.9 Å². The van der Waals surface area contributed by atoms with Crippen LogP contribution in [0.4, 0.5) is 4.79 Å². The van der Waals surface area contributed by atoms with E-state index in [1.54, 1.807) is 4.90 Å². The summed E-state index contributed by atoms with van der Waals surface area (Å²) in [5.41, 5.74) is 4.81. The maximum absolute atomic E-state index is 14.5. The lowest BCUT2D eigenvalue weighted by atomic mass is 9.82. The summed E-state index contributed by atoms with van der Waals surface area (Å²) in [6.45, 7) is 10.1. The quantitative estimate of drug-likeness (QED) is 0.171. The Morgan fingerprint density at radius 1 is 0.854 bits per heavy atom. The van der Waals surface area contributed by atoms with Crippen LogP contribution < -0.4 is 21.7 Å². The molecule has 4 aliphatic rings. The molecule has 1 unspecified atom stereocenters. The van der Waals surface area contributed by atoms with Crippen molar-refractivity contribution >= 4 is 41.4 Å². The number of carbonyl (C=O) groups is 7. The number of imide groups is 1. The second-order valence-electron chi connectivity index (χ2n) is 15.8. The predicted molar refractivity (Wildman–Crippen MR) is 178 cm³/mol. The van der Waals surface area contributed by atoms with Crippen molar-refractivity contribution in [2.45, 2.75) is 136 Å². The molecule has 0 aromatic carbocycles. The molecule has 48 heavy (non-hydrogen) atoms. The van der Waals surface area contributed by atoms with Gasteiger partial charge in [0.2, 0.25) is 29.4 Å². The molecule has 0 radical (unpaired) electrons. The van der Waals surface area contributed by atoms with Crippen LogP contribution in [0, 0.1) is 29.1 Å². The summed E-state index contributed by atoms with van der Waals surface area (Å²) in [5.74, 6) is -3.35. The molecule has 4 rings (SSSR count). The maximum atomic E-state index is 14.5. The van der Waals surface area contributed by atoms with Crippen molar-refractivity contribution in [3.8, 4) is 0 Å². The molecular formula is C35H56N6O7. The van der Waals surface area contributed by atoms with E-state index in [-0.39, 0.29) is 60.8 Å². The zero-order valence-corrected chi connectivity index (χ0v) is 29.3. The molecule has 2 heterocycles. The topological polar surface area (TPSA) is 188 Å². The largest absolute Gasteiger partial charge is 0.363 e. The molecule has 2 saturated carbocycles. The molecule has 0 spiro atoms. The van der Waals surface area contributed by atoms with Crippen LogP contribution in [0.5, 0.6) is 0 Å². The number of nitrogens with two attached hydrogens (primary N) is 1. The molecule has 2 aliphatic carbocycles. The Bertz CT molecular complexity index is 1240. The van der Waals surface area contributed by atoms with Gasteiger partial charge in [-0.15, -0.1) is 0 Å². The molecule has 2 aliphatic heterocycles. The highest BCUT2D eigenvalue weighted by molar-refractivity contribution is 6.37. The number of hydrogen-bond acceptors (Lipinski definition) is 7. The van der Waals surface area contributed by atoms with Gasteiger partial charge >= 0.3 is 6.03 Å². The van der Waals surface area contributed by atoms with Crippen LogP contribution in [-0.4, -0.2) is 88.4 Å². The highest BCUT2D eigenvalue weighted by Gasteiger charge is 2.47. The number of amides is 7. The van der Waals surface area contributed by atoms with Crippen LogP contribution in [0.3, 0.4) is 0 Å². The van der Waals surface area contributed by atoms with Crippen LogP contribution in [0.1, 0.15) is 112 Å². The molecule has 0 aromatic heterocycles. The number of carbonyl (C=O) groups excluding carboxylic acids is 7. The van der Waals surface area contributed by atoms with Gasteiger partial charge in [-0.1, -0.05) is 66.7 Å². The van der Waals surface area contributed by atoms with Gasteiger partial charge < -0.3 is 26.6 Å². The van der Waals surface area contributed by atoms with Gasteiger partial charge in [-0.05, 0) is 61.2 Å². The Hall–Kier alpha value is -3.51. The minimum atomic E-state index is -1.10. The minimum absolute atomic E-state index is 0.0348. The number of nitrogens with zero attached hydrogens (tertiary/aromatic N) is 2. The van der Waals surface area contributed by atoms with Crippen molar-refractivity contribution < 1.29 is 33.6 Å². The summed E-state index contributed by atoms with van der Waals surface area (Å²) < 4.78 is 0. The highest BCUT2D eigenvalue weighted by atomic mass is 16.2. The molecule has 4 fully saturated rings. The molecule has 13 heteroatoms. The maximum Gasteiger partial charge on any atom is 0.315 e. The summed E-state index contributed by atoms with van der Waals surface area (Å²) in [6, 6.07) is -3.98. The Morgan fingerprint density at radius 2 is 1.48 bits per heavy atom. The van der Waals surface area contributed by atoms with Gasteiger partial charge in [0.05, 0.1) is 12.1 Å². The molecule has 5 N–H and O–H groups in total. The Labute approximate surface area is 284 Å². The highest BCUT2D eigenvalue weighted by Crippen LogP contribution is 2.36. The Balaban J connectivity index is 1.55. The third-order valence-corrected chi connectivity index (χ3v) is 10.8. The average Bonchev–Trinajstić information content (AvgIpc) is 3.72. The van der Waals surface area contributed by atoms with Gasteiger partial charge in [-0.2, -0.15) is 0 Å². The van der Waals surface area contributed by atoms with Gasteiger partial charge in [-0.25, -0.2) is 4.79 Å². The van der Waals surface area contributed by atoms with Crippen LogP contribution in [0.25, 0.3) is 0 Å². The molecule has 0 bridgehead atoms. The summed E-state index contributed by atoms with van der Waals surface area (Å²) in [5, 5.41) is 8.71. The normalized spacial score (nSPS) is 24.2. The van der Waals surface area contributed by atoms with Crippen LogP contribution in [0.15, 0.2) is 0 Å². The third kappa shape index (κ3) is 9.34. The zero-order valence-electron chi connectivity index (χ0n) is 29.3. The predicted octanol–water partition coefficient (Wildman–Crippen LogP) is 2.40. The van der Waals surface area contributed by atoms with E-state index in [0.717, 1.165) is 44.9 Å². The fourth-order valence-corrected chi connectivity index (χ4v) is 7.54. The lowest BCUT2D eigenvalue weighted by Crippen LogP contribution is -2.62. The van der Waals surface area contributed by atoms with Gasteiger partial charge in [0.25, 0.3) is 5.91 Å². The first kappa shape index (κ1) is 37.3. The van der Waals surface area contributed by atoms with E-state index in [1.165, 1.54) is 4.90 Å². The van der Waals surface area contributed by atoms with Crippen molar-refractivity contribution in [1.82, 2.24) is 25.8 Å². The smallest absolute Gasteiger partial charge is 0.315 e. The monoisotopic (exact) mass is 672 g/mol. The zero-order chi connectivity index (χ0) is 35.3. The van der Waals surface area contributed by atoms with E-state index in [2.05, 4.69) is 16.0 Å². The third-order valence-electron chi connectivity index (χ3n) is 10.8. The van der Waals surface area contributed by atoms with Gasteiger partial charge in [-0.3, -0.25) is 33.7 Å². The van der Waals surface area contributed by atoms with E-state index in [4.69, 9.17) is 5.73 Å².